The molecule has 4 heteroatoms. The van der Waals surface area contributed by atoms with Gasteiger partial charge >= 0.3 is 0 Å². The first-order valence-corrected chi connectivity index (χ1v) is 9.49. The van der Waals surface area contributed by atoms with E-state index in [1.807, 2.05) is 6.07 Å². The predicted octanol–water partition coefficient (Wildman–Crippen LogP) is 6.45. The molecule has 2 aliphatic carbocycles. The van der Waals surface area contributed by atoms with Crippen LogP contribution >= 0.6 is 0 Å². The zero-order chi connectivity index (χ0) is 18.4. The summed E-state index contributed by atoms with van der Waals surface area (Å²) in [6, 6.07) is 5.40. The van der Waals surface area contributed by atoms with E-state index < -0.39 is 17.5 Å². The summed E-state index contributed by atoms with van der Waals surface area (Å²) in [5, 5.41) is 9.43. The van der Waals surface area contributed by atoms with Crippen LogP contribution in [0.5, 0.6) is 0 Å². The van der Waals surface area contributed by atoms with Gasteiger partial charge in [0, 0.05) is 6.07 Å². The Morgan fingerprint density at radius 3 is 2.46 bits per heavy atom. The lowest BCUT2D eigenvalue weighted by molar-refractivity contribution is 0.124. The highest BCUT2D eigenvalue weighted by atomic mass is 19.1. The molecular formula is C22H22F3N. The molecule has 2 aromatic rings. The summed E-state index contributed by atoms with van der Waals surface area (Å²) in [5.74, 6) is -0.339. The van der Waals surface area contributed by atoms with E-state index in [-0.39, 0.29) is 22.3 Å². The van der Waals surface area contributed by atoms with Crippen molar-refractivity contribution in [1.82, 2.24) is 0 Å². The van der Waals surface area contributed by atoms with Crippen LogP contribution in [0.3, 0.4) is 0 Å². The van der Waals surface area contributed by atoms with Gasteiger partial charge in [-0.3, -0.25) is 0 Å². The van der Waals surface area contributed by atoms with Gasteiger partial charge in [-0.05, 0) is 78.9 Å². The average Bonchev–Trinajstić information content (AvgIpc) is 2.60. The van der Waals surface area contributed by atoms with Crippen molar-refractivity contribution in [1.29, 1.82) is 5.26 Å². The van der Waals surface area contributed by atoms with Crippen molar-refractivity contribution in [3.05, 3.63) is 46.8 Å². The largest absolute Gasteiger partial charge is 0.207 e. The highest BCUT2D eigenvalue weighted by molar-refractivity contribution is 5.86. The fourth-order valence-corrected chi connectivity index (χ4v) is 5.27. The second-order valence-electron chi connectivity index (χ2n) is 8.20. The van der Waals surface area contributed by atoms with Crippen LogP contribution in [-0.2, 0) is 0 Å². The van der Waals surface area contributed by atoms with Gasteiger partial charge in [0.2, 0.25) is 0 Å². The number of rotatable bonds is 1. The van der Waals surface area contributed by atoms with Crippen molar-refractivity contribution >= 4 is 10.8 Å². The Morgan fingerprint density at radius 2 is 1.69 bits per heavy atom. The molecule has 4 atom stereocenters. The smallest absolute Gasteiger partial charge is 0.152 e. The fraction of sp³-hybridized carbons (Fsp3) is 0.500. The van der Waals surface area contributed by atoms with Gasteiger partial charge in [-0.2, -0.15) is 5.26 Å². The maximum Gasteiger partial charge on any atom is 0.152 e. The molecule has 2 aliphatic rings. The molecule has 0 radical (unpaired) electrons. The summed E-state index contributed by atoms with van der Waals surface area (Å²) in [4.78, 5) is 0. The predicted molar refractivity (Wildman–Crippen MR) is 95.1 cm³/mol. The van der Waals surface area contributed by atoms with Crippen molar-refractivity contribution in [2.24, 2.45) is 17.8 Å². The zero-order valence-corrected chi connectivity index (χ0v) is 14.9. The van der Waals surface area contributed by atoms with Gasteiger partial charge in [0.15, 0.2) is 5.82 Å². The number of nitriles is 1. The van der Waals surface area contributed by atoms with Gasteiger partial charge in [-0.25, -0.2) is 13.2 Å². The van der Waals surface area contributed by atoms with Crippen LogP contribution in [0.25, 0.3) is 10.8 Å². The minimum Gasteiger partial charge on any atom is -0.207 e. The monoisotopic (exact) mass is 357 g/mol. The van der Waals surface area contributed by atoms with Crippen LogP contribution in [0, 0.1) is 46.5 Å². The summed E-state index contributed by atoms with van der Waals surface area (Å²) in [6.45, 7) is 2.30. The highest BCUT2D eigenvalue weighted by Crippen LogP contribution is 2.48. The van der Waals surface area contributed by atoms with E-state index >= 15 is 0 Å². The van der Waals surface area contributed by atoms with E-state index in [9.17, 15) is 18.4 Å². The average molecular weight is 357 g/mol. The third-order valence-corrected chi connectivity index (χ3v) is 6.55. The summed E-state index contributed by atoms with van der Waals surface area (Å²) in [6.07, 6.45) is 6.60. The minimum absolute atomic E-state index is 0.0735. The van der Waals surface area contributed by atoms with Crippen LogP contribution in [0.15, 0.2) is 18.2 Å². The first-order chi connectivity index (χ1) is 12.5. The van der Waals surface area contributed by atoms with Crippen molar-refractivity contribution in [2.75, 3.05) is 0 Å². The number of fused-ring (bicyclic) bond motifs is 2. The van der Waals surface area contributed by atoms with Crippen molar-refractivity contribution in [3.8, 4) is 6.07 Å². The molecule has 2 fully saturated rings. The second kappa shape index (κ2) is 6.61. The van der Waals surface area contributed by atoms with Gasteiger partial charge in [-0.15, -0.1) is 0 Å². The second-order valence-corrected chi connectivity index (χ2v) is 8.20. The molecule has 4 unspecified atom stereocenters. The fourth-order valence-electron chi connectivity index (χ4n) is 5.27. The normalized spacial score (nSPS) is 28.6. The molecule has 0 heterocycles. The number of hydrogen-bond donors (Lipinski definition) is 0. The van der Waals surface area contributed by atoms with E-state index in [4.69, 9.17) is 0 Å². The van der Waals surface area contributed by atoms with Gasteiger partial charge < -0.3 is 0 Å². The summed E-state index contributed by atoms with van der Waals surface area (Å²) in [5.41, 5.74) is 0.551. The molecule has 2 aromatic carbocycles. The first kappa shape index (κ1) is 17.4. The van der Waals surface area contributed by atoms with Crippen LogP contribution in [-0.4, -0.2) is 0 Å². The number of nitrogens with zero attached hydrogens (tertiary/aromatic N) is 1. The molecule has 0 bridgehead atoms. The topological polar surface area (TPSA) is 23.8 Å². The van der Waals surface area contributed by atoms with Crippen LogP contribution in [0.4, 0.5) is 13.2 Å². The van der Waals surface area contributed by atoms with Gasteiger partial charge in [0.05, 0.1) is 10.9 Å². The molecule has 0 amide bonds. The third-order valence-electron chi connectivity index (χ3n) is 6.55. The Kier molecular flexibility index (Phi) is 4.42. The zero-order valence-electron chi connectivity index (χ0n) is 14.9. The lowest BCUT2D eigenvalue weighted by Crippen LogP contribution is -2.30. The van der Waals surface area contributed by atoms with Gasteiger partial charge in [-0.1, -0.05) is 13.3 Å². The standard InChI is InChI=1S/C22H22F3N/c1-12-2-3-14-7-15(5-4-13(14)6-12)18-9-16-8-17(23)10-20(24)21(16)22(25)19(18)11-26/h8-10,12-15H,2-7H2,1H3. The van der Waals surface area contributed by atoms with E-state index in [1.165, 1.54) is 19.3 Å². The molecule has 0 saturated heterocycles. The molecule has 26 heavy (non-hydrogen) atoms. The molecule has 4 rings (SSSR count). The number of hydrogen-bond acceptors (Lipinski definition) is 1. The Labute approximate surface area is 151 Å². The molecule has 1 nitrogen and oxygen atoms in total. The molecule has 0 N–H and O–H groups in total. The quantitative estimate of drug-likeness (QED) is 0.575. The number of benzene rings is 2. The van der Waals surface area contributed by atoms with E-state index in [1.54, 1.807) is 6.07 Å². The Balaban J connectivity index is 1.76. The lowest BCUT2D eigenvalue weighted by Gasteiger charge is -2.41. The lowest BCUT2D eigenvalue weighted by atomic mass is 9.64. The van der Waals surface area contributed by atoms with Crippen LogP contribution < -0.4 is 0 Å². The van der Waals surface area contributed by atoms with E-state index in [0.29, 0.717) is 17.5 Å². The Hall–Kier alpha value is -2.02. The minimum atomic E-state index is -0.953. The molecule has 136 valence electrons. The number of halogens is 3. The summed E-state index contributed by atoms with van der Waals surface area (Å²) < 4.78 is 42.6. The summed E-state index contributed by atoms with van der Waals surface area (Å²) in [7, 11) is 0. The Morgan fingerprint density at radius 1 is 0.962 bits per heavy atom. The molecule has 0 aromatic heterocycles. The van der Waals surface area contributed by atoms with E-state index in [0.717, 1.165) is 37.2 Å². The molecule has 2 saturated carbocycles. The maximum absolute atomic E-state index is 14.9. The van der Waals surface area contributed by atoms with Crippen LogP contribution in [0.1, 0.15) is 62.5 Å². The van der Waals surface area contributed by atoms with Crippen molar-refractivity contribution in [2.45, 2.75) is 51.4 Å². The highest BCUT2D eigenvalue weighted by Gasteiger charge is 2.36. The van der Waals surface area contributed by atoms with Gasteiger partial charge in [0.25, 0.3) is 0 Å². The SMILES string of the molecule is CC1CCC2CC(c3cc4cc(F)cc(F)c4c(F)c3C#N)CCC2C1. The maximum atomic E-state index is 14.9. The first-order valence-electron chi connectivity index (χ1n) is 9.49. The van der Waals surface area contributed by atoms with Crippen molar-refractivity contribution in [3.63, 3.8) is 0 Å². The molecule has 0 aliphatic heterocycles. The summed E-state index contributed by atoms with van der Waals surface area (Å²) >= 11 is 0. The molecular weight excluding hydrogens is 335 g/mol. The van der Waals surface area contributed by atoms with Crippen molar-refractivity contribution < 1.29 is 13.2 Å². The van der Waals surface area contributed by atoms with E-state index in [2.05, 4.69) is 6.92 Å². The van der Waals surface area contributed by atoms with Crippen LogP contribution in [0.2, 0.25) is 0 Å². The Bertz CT molecular complexity index is 899. The molecule has 0 spiro atoms. The third kappa shape index (κ3) is 2.88. The van der Waals surface area contributed by atoms with Gasteiger partial charge in [0.1, 0.15) is 17.7 Å².